The zero-order chi connectivity index (χ0) is 17.8. The predicted molar refractivity (Wildman–Crippen MR) is 96.8 cm³/mol. The Kier molecular flexibility index (Phi) is 5.67. The molecule has 0 aromatic heterocycles. The molecule has 0 radical (unpaired) electrons. The first kappa shape index (κ1) is 18.5. The summed E-state index contributed by atoms with van der Waals surface area (Å²) >= 11 is 0. The monoisotopic (exact) mass is 331 g/mol. The molecule has 1 amide bonds. The van der Waals surface area contributed by atoms with Crippen molar-refractivity contribution in [2.24, 2.45) is 0 Å². The lowest BCUT2D eigenvalue weighted by Crippen LogP contribution is -2.47. The topological polar surface area (TPSA) is 73.4 Å². The molecule has 1 aliphatic heterocycles. The highest BCUT2D eigenvalue weighted by Gasteiger charge is 2.39. The maximum absolute atomic E-state index is 12.4. The smallest absolute Gasteiger partial charge is 0.248 e. The molecule has 24 heavy (non-hydrogen) atoms. The number of carbonyl (C=O) groups excluding carboxylic acids is 1. The van der Waals surface area contributed by atoms with Gasteiger partial charge in [0.05, 0.1) is 0 Å². The van der Waals surface area contributed by atoms with Crippen LogP contribution in [-0.4, -0.2) is 35.2 Å². The van der Waals surface area contributed by atoms with Crippen molar-refractivity contribution in [3.63, 3.8) is 0 Å². The molecule has 132 valence electrons. The van der Waals surface area contributed by atoms with Crippen molar-refractivity contribution in [2.75, 3.05) is 13.1 Å². The first-order valence-corrected chi connectivity index (χ1v) is 8.49. The lowest BCUT2D eigenvalue weighted by molar-refractivity contribution is -0.118. The number of aromatic hydroxyl groups is 1. The van der Waals surface area contributed by atoms with Gasteiger partial charge in [-0.25, -0.2) is 0 Å². The Morgan fingerprint density at radius 3 is 2.38 bits per heavy atom. The van der Waals surface area contributed by atoms with Crippen LogP contribution in [0.1, 0.15) is 39.7 Å². The number of phenols is 1. The number of nitrogens with one attached hydrogen (secondary N) is 3. The molecular weight excluding hydrogens is 302 g/mol. The molecule has 1 aromatic carbocycles. The van der Waals surface area contributed by atoms with Gasteiger partial charge in [0, 0.05) is 29.7 Å². The Balaban J connectivity index is 1.67. The first-order valence-electron chi connectivity index (χ1n) is 8.49. The van der Waals surface area contributed by atoms with Gasteiger partial charge in [0.15, 0.2) is 0 Å². The molecule has 4 N–H and O–H groups in total. The van der Waals surface area contributed by atoms with Crippen LogP contribution in [-0.2, 0) is 11.3 Å². The molecule has 0 spiro atoms. The Bertz CT molecular complexity index is 604. The average molecular weight is 331 g/mol. The average Bonchev–Trinajstić information content (AvgIpc) is 2.72. The third kappa shape index (κ3) is 5.08. The van der Waals surface area contributed by atoms with E-state index in [1.54, 1.807) is 12.1 Å². The minimum atomic E-state index is -0.301. The summed E-state index contributed by atoms with van der Waals surface area (Å²) in [5.74, 6) is 0.292. The first-order chi connectivity index (χ1) is 11.2. The summed E-state index contributed by atoms with van der Waals surface area (Å²) in [5.41, 5.74) is 1.49. The van der Waals surface area contributed by atoms with Crippen LogP contribution in [0, 0.1) is 0 Å². The van der Waals surface area contributed by atoms with E-state index in [9.17, 15) is 9.90 Å². The van der Waals surface area contributed by atoms with Gasteiger partial charge in [0.25, 0.3) is 0 Å². The van der Waals surface area contributed by atoms with E-state index >= 15 is 0 Å². The number of amides is 1. The summed E-state index contributed by atoms with van der Waals surface area (Å²) in [6.45, 7) is 10.4. The van der Waals surface area contributed by atoms with Crippen molar-refractivity contribution in [3.8, 4) is 5.75 Å². The summed E-state index contributed by atoms with van der Waals surface area (Å²) in [5, 5.41) is 19.0. The molecule has 0 atom stereocenters. The Labute approximate surface area is 144 Å². The van der Waals surface area contributed by atoms with Crippen molar-refractivity contribution in [2.45, 2.75) is 51.7 Å². The van der Waals surface area contributed by atoms with E-state index in [0.717, 1.165) is 30.6 Å². The number of hydrogen-bond donors (Lipinski definition) is 4. The van der Waals surface area contributed by atoms with Crippen LogP contribution >= 0.6 is 0 Å². The van der Waals surface area contributed by atoms with Gasteiger partial charge in [-0.2, -0.15) is 0 Å². The van der Waals surface area contributed by atoms with E-state index in [2.05, 4.69) is 29.8 Å². The van der Waals surface area contributed by atoms with Crippen LogP contribution in [0.3, 0.4) is 0 Å². The van der Waals surface area contributed by atoms with Crippen LogP contribution in [0.2, 0.25) is 0 Å². The second kappa shape index (κ2) is 7.36. The minimum absolute atomic E-state index is 0.0107. The van der Waals surface area contributed by atoms with Crippen molar-refractivity contribution in [1.29, 1.82) is 0 Å². The molecule has 1 aliphatic rings. The van der Waals surface area contributed by atoms with E-state index in [1.165, 1.54) is 0 Å². The molecule has 1 aromatic rings. The van der Waals surface area contributed by atoms with Crippen molar-refractivity contribution in [1.82, 2.24) is 16.0 Å². The summed E-state index contributed by atoms with van der Waals surface area (Å²) in [4.78, 5) is 12.4. The zero-order valence-corrected chi connectivity index (χ0v) is 15.1. The van der Waals surface area contributed by atoms with Gasteiger partial charge in [-0.15, -0.1) is 0 Å². The number of carbonyl (C=O) groups is 1. The second-order valence-electron chi connectivity index (χ2n) is 7.48. The van der Waals surface area contributed by atoms with Gasteiger partial charge in [-0.05, 0) is 58.4 Å². The van der Waals surface area contributed by atoms with Crippen molar-refractivity contribution >= 4 is 5.91 Å². The third-order valence-electron chi connectivity index (χ3n) is 4.14. The summed E-state index contributed by atoms with van der Waals surface area (Å²) in [7, 11) is 0. The van der Waals surface area contributed by atoms with E-state index in [1.807, 2.05) is 32.1 Å². The Hall–Kier alpha value is -1.85. The normalized spacial score (nSPS) is 18.2. The lowest BCUT2D eigenvalue weighted by atomic mass is 9.96. The van der Waals surface area contributed by atoms with E-state index < -0.39 is 0 Å². The molecule has 0 saturated heterocycles. The van der Waals surface area contributed by atoms with Crippen molar-refractivity contribution < 1.29 is 9.90 Å². The fraction of sp³-hybridized carbons (Fsp3) is 0.526. The predicted octanol–water partition coefficient (Wildman–Crippen LogP) is 2.07. The highest BCUT2D eigenvalue weighted by molar-refractivity contribution is 5.96. The largest absolute Gasteiger partial charge is 0.508 e. The molecule has 0 aliphatic carbocycles. The number of benzene rings is 1. The maximum Gasteiger partial charge on any atom is 0.248 e. The Morgan fingerprint density at radius 1 is 1.12 bits per heavy atom. The van der Waals surface area contributed by atoms with Gasteiger partial charge in [-0.3, -0.25) is 10.1 Å². The molecule has 0 bridgehead atoms. The third-order valence-corrected chi connectivity index (χ3v) is 4.14. The molecule has 5 nitrogen and oxygen atoms in total. The number of phenolic OH excluding ortho intramolecular Hbond substituents is 1. The fourth-order valence-corrected chi connectivity index (χ4v) is 3.16. The van der Waals surface area contributed by atoms with Gasteiger partial charge >= 0.3 is 0 Å². The van der Waals surface area contributed by atoms with Gasteiger partial charge < -0.3 is 15.7 Å². The quantitative estimate of drug-likeness (QED) is 0.577. The molecule has 0 saturated carbocycles. The van der Waals surface area contributed by atoms with Crippen LogP contribution in [0.25, 0.3) is 0 Å². The highest BCUT2D eigenvalue weighted by atomic mass is 16.3. The van der Waals surface area contributed by atoms with Crippen LogP contribution in [0.15, 0.2) is 35.9 Å². The summed E-state index contributed by atoms with van der Waals surface area (Å²) in [6.07, 6.45) is 2.89. The van der Waals surface area contributed by atoms with E-state index in [4.69, 9.17) is 0 Å². The molecule has 2 rings (SSSR count). The standard InChI is InChI=1S/C19H29N3O2/c1-18(2)12-16(19(3,4)22-18)17(24)21-11-5-10-20-13-14-6-8-15(23)9-7-14/h6-9,12,20,22-23H,5,10-11,13H2,1-4H3,(H,21,24). The summed E-state index contributed by atoms with van der Waals surface area (Å²) < 4.78 is 0. The summed E-state index contributed by atoms with van der Waals surface area (Å²) in [6, 6.07) is 7.16. The molecule has 1 heterocycles. The van der Waals surface area contributed by atoms with Crippen molar-refractivity contribution in [3.05, 3.63) is 41.5 Å². The molecule has 5 heteroatoms. The minimum Gasteiger partial charge on any atom is -0.508 e. The fourth-order valence-electron chi connectivity index (χ4n) is 3.16. The van der Waals surface area contributed by atoms with Crippen LogP contribution in [0.5, 0.6) is 5.75 Å². The zero-order valence-electron chi connectivity index (χ0n) is 15.1. The van der Waals surface area contributed by atoms with Gasteiger partial charge in [-0.1, -0.05) is 18.2 Å². The van der Waals surface area contributed by atoms with Crippen LogP contribution < -0.4 is 16.0 Å². The molecule has 0 unspecified atom stereocenters. The Morgan fingerprint density at radius 2 is 1.79 bits per heavy atom. The SMILES string of the molecule is CC1(C)C=C(C(=O)NCCCNCc2ccc(O)cc2)C(C)(C)N1. The van der Waals surface area contributed by atoms with Crippen LogP contribution in [0.4, 0.5) is 0 Å². The van der Waals surface area contributed by atoms with E-state index in [-0.39, 0.29) is 22.7 Å². The molecular formula is C19H29N3O2. The number of rotatable bonds is 7. The second-order valence-corrected chi connectivity index (χ2v) is 7.48. The maximum atomic E-state index is 12.4. The highest BCUT2D eigenvalue weighted by Crippen LogP contribution is 2.29. The van der Waals surface area contributed by atoms with Gasteiger partial charge in [0.2, 0.25) is 5.91 Å². The van der Waals surface area contributed by atoms with E-state index in [0.29, 0.717) is 6.54 Å². The molecule has 0 fully saturated rings. The number of hydrogen-bond acceptors (Lipinski definition) is 4. The van der Waals surface area contributed by atoms with Gasteiger partial charge in [0.1, 0.15) is 5.75 Å². The lowest BCUT2D eigenvalue weighted by Gasteiger charge is -2.27.